The smallest absolute Gasteiger partial charge is 0.220 e. The maximum Gasteiger partial charge on any atom is 0.220 e. The van der Waals surface area contributed by atoms with Gasteiger partial charge in [0.05, 0.1) is 19.1 Å². The lowest BCUT2D eigenvalue weighted by atomic mass is 10.1. The lowest BCUT2D eigenvalue weighted by molar-refractivity contribution is -0.118. The highest BCUT2D eigenvalue weighted by Crippen LogP contribution is 2.28. The van der Waals surface area contributed by atoms with E-state index in [-0.39, 0.29) is 13.0 Å². The Hall–Kier alpha value is -1.07. The summed E-state index contributed by atoms with van der Waals surface area (Å²) in [6.07, 6.45) is -0.456. The molecule has 0 saturated carbocycles. The molecule has 0 aliphatic carbocycles. The van der Waals surface area contributed by atoms with Gasteiger partial charge in [-0.1, -0.05) is 22.0 Å². The molecule has 3 N–H and O–H groups in total. The first-order chi connectivity index (χ1) is 7.50. The zero-order chi connectivity index (χ0) is 12.1. The van der Waals surface area contributed by atoms with E-state index in [0.717, 1.165) is 4.47 Å². The molecule has 0 fully saturated rings. The molecular weight excluding hydrogens is 274 g/mol. The van der Waals surface area contributed by atoms with E-state index in [1.807, 2.05) is 6.07 Å². The molecular formula is C11H14BrNO3. The summed E-state index contributed by atoms with van der Waals surface area (Å²) in [7, 11) is 0. The number of nitrogens with two attached hydrogens (primary N) is 1. The predicted molar refractivity (Wildman–Crippen MR) is 64.1 cm³/mol. The van der Waals surface area contributed by atoms with Crippen molar-refractivity contribution >= 4 is 21.8 Å². The van der Waals surface area contributed by atoms with Crippen LogP contribution in [0.4, 0.5) is 0 Å². The number of hydrogen-bond donors (Lipinski definition) is 2. The van der Waals surface area contributed by atoms with Crippen LogP contribution in [-0.4, -0.2) is 17.6 Å². The van der Waals surface area contributed by atoms with Gasteiger partial charge >= 0.3 is 0 Å². The minimum Gasteiger partial charge on any atom is -0.493 e. The summed E-state index contributed by atoms with van der Waals surface area (Å²) >= 11 is 3.31. The summed E-state index contributed by atoms with van der Waals surface area (Å²) in [5, 5.41) is 9.52. The monoisotopic (exact) mass is 287 g/mol. The van der Waals surface area contributed by atoms with Gasteiger partial charge in [-0.05, 0) is 19.1 Å². The Bertz CT molecular complexity index is 379. The molecule has 1 unspecified atom stereocenters. The molecule has 1 amide bonds. The molecule has 0 spiro atoms. The number of carbonyl (C=O) groups is 1. The van der Waals surface area contributed by atoms with Crippen LogP contribution in [0, 0.1) is 0 Å². The van der Waals surface area contributed by atoms with Crippen LogP contribution >= 0.6 is 15.9 Å². The van der Waals surface area contributed by atoms with Gasteiger partial charge in [-0.2, -0.15) is 0 Å². The van der Waals surface area contributed by atoms with Gasteiger partial charge in [-0.3, -0.25) is 4.79 Å². The number of ether oxygens (including phenoxy) is 1. The summed E-state index contributed by atoms with van der Waals surface area (Å²) in [5.74, 6) is 0.152. The fourth-order valence-corrected chi connectivity index (χ4v) is 1.58. The van der Waals surface area contributed by atoms with E-state index in [9.17, 15) is 9.90 Å². The molecule has 1 aromatic carbocycles. The second-order valence-corrected chi connectivity index (χ2v) is 4.34. The highest BCUT2D eigenvalue weighted by molar-refractivity contribution is 9.10. The van der Waals surface area contributed by atoms with E-state index in [2.05, 4.69) is 15.9 Å². The highest BCUT2D eigenvalue weighted by atomic mass is 79.9. The van der Waals surface area contributed by atoms with Gasteiger partial charge < -0.3 is 15.6 Å². The van der Waals surface area contributed by atoms with Gasteiger partial charge in [-0.15, -0.1) is 0 Å². The fourth-order valence-electron chi connectivity index (χ4n) is 1.24. The minimum atomic E-state index is -0.614. The van der Waals surface area contributed by atoms with Gasteiger partial charge in [-0.25, -0.2) is 0 Å². The molecule has 16 heavy (non-hydrogen) atoms. The molecule has 1 atom stereocenters. The summed E-state index contributed by atoms with van der Waals surface area (Å²) in [6.45, 7) is 1.87. The lowest BCUT2D eigenvalue weighted by Crippen LogP contribution is -2.15. The number of carbonyl (C=O) groups excluding carboxylic acids is 1. The van der Waals surface area contributed by atoms with Gasteiger partial charge in [0.25, 0.3) is 0 Å². The van der Waals surface area contributed by atoms with E-state index in [4.69, 9.17) is 10.5 Å². The SMILES string of the molecule is CC(O)c1ccc(Br)cc1OCCC(N)=O. The van der Waals surface area contributed by atoms with Crippen LogP contribution in [0.3, 0.4) is 0 Å². The van der Waals surface area contributed by atoms with E-state index >= 15 is 0 Å². The third kappa shape index (κ3) is 3.83. The third-order valence-corrected chi connectivity index (χ3v) is 2.52. The van der Waals surface area contributed by atoms with Crippen LogP contribution in [0.15, 0.2) is 22.7 Å². The Labute approximate surface area is 103 Å². The van der Waals surface area contributed by atoms with Crippen LogP contribution in [0.5, 0.6) is 5.75 Å². The van der Waals surface area contributed by atoms with Gasteiger partial charge in [0, 0.05) is 10.0 Å². The largest absolute Gasteiger partial charge is 0.493 e. The van der Waals surface area contributed by atoms with Crippen LogP contribution in [-0.2, 0) is 4.79 Å². The zero-order valence-electron chi connectivity index (χ0n) is 8.94. The number of rotatable bonds is 5. The third-order valence-electron chi connectivity index (χ3n) is 2.03. The van der Waals surface area contributed by atoms with Crippen molar-refractivity contribution in [3.8, 4) is 5.75 Å². The number of halogens is 1. The van der Waals surface area contributed by atoms with Crippen LogP contribution in [0.25, 0.3) is 0 Å². The van der Waals surface area contributed by atoms with Crippen molar-refractivity contribution in [1.82, 2.24) is 0 Å². The second-order valence-electron chi connectivity index (χ2n) is 3.42. The van der Waals surface area contributed by atoms with E-state index in [0.29, 0.717) is 11.3 Å². The average Bonchev–Trinajstić information content (AvgIpc) is 2.16. The molecule has 0 aromatic heterocycles. The first kappa shape index (κ1) is 13.0. The minimum absolute atomic E-state index is 0.158. The summed E-state index contributed by atoms with van der Waals surface area (Å²) in [4.78, 5) is 10.6. The molecule has 1 rings (SSSR count). The van der Waals surface area contributed by atoms with Crippen LogP contribution in [0.2, 0.25) is 0 Å². The van der Waals surface area contributed by atoms with E-state index in [1.54, 1.807) is 19.1 Å². The normalized spacial score (nSPS) is 12.2. The quantitative estimate of drug-likeness (QED) is 0.867. The summed E-state index contributed by atoms with van der Waals surface area (Å²) < 4.78 is 6.25. The predicted octanol–water partition coefficient (Wildman–Crippen LogP) is 1.76. The number of primary amides is 1. The Morgan fingerprint density at radius 3 is 2.88 bits per heavy atom. The Kier molecular flexibility index (Phi) is 4.76. The van der Waals surface area contributed by atoms with Crippen molar-refractivity contribution in [3.63, 3.8) is 0 Å². The first-order valence-electron chi connectivity index (χ1n) is 4.89. The number of hydrogen-bond acceptors (Lipinski definition) is 3. The summed E-state index contributed by atoms with van der Waals surface area (Å²) in [6, 6.07) is 5.35. The van der Waals surface area contributed by atoms with Gasteiger partial charge in [0.2, 0.25) is 5.91 Å². The van der Waals surface area contributed by atoms with Crippen molar-refractivity contribution in [1.29, 1.82) is 0 Å². The molecule has 4 nitrogen and oxygen atoms in total. The molecule has 5 heteroatoms. The Morgan fingerprint density at radius 2 is 2.31 bits per heavy atom. The summed E-state index contributed by atoms with van der Waals surface area (Å²) in [5.41, 5.74) is 5.69. The maximum atomic E-state index is 10.6. The number of aliphatic hydroxyl groups excluding tert-OH is 1. The molecule has 0 bridgehead atoms. The fraction of sp³-hybridized carbons (Fsp3) is 0.364. The van der Waals surface area contributed by atoms with E-state index < -0.39 is 12.0 Å². The zero-order valence-corrected chi connectivity index (χ0v) is 10.5. The molecule has 1 aromatic rings. The number of aliphatic hydroxyl groups is 1. The molecule has 0 saturated heterocycles. The first-order valence-corrected chi connectivity index (χ1v) is 5.68. The topological polar surface area (TPSA) is 72.6 Å². The molecule has 0 heterocycles. The molecule has 0 aliphatic heterocycles. The second kappa shape index (κ2) is 5.86. The van der Waals surface area contributed by atoms with Crippen molar-refractivity contribution in [3.05, 3.63) is 28.2 Å². The van der Waals surface area contributed by atoms with Crippen molar-refractivity contribution in [2.75, 3.05) is 6.61 Å². The average molecular weight is 288 g/mol. The Balaban J connectivity index is 2.76. The lowest BCUT2D eigenvalue weighted by Gasteiger charge is -2.13. The van der Waals surface area contributed by atoms with Crippen molar-refractivity contribution in [2.24, 2.45) is 5.73 Å². The van der Waals surface area contributed by atoms with Gasteiger partial charge in [0.1, 0.15) is 5.75 Å². The number of amides is 1. The molecule has 0 radical (unpaired) electrons. The maximum absolute atomic E-state index is 10.6. The highest BCUT2D eigenvalue weighted by Gasteiger charge is 2.09. The van der Waals surface area contributed by atoms with Gasteiger partial charge in [0.15, 0.2) is 0 Å². The van der Waals surface area contributed by atoms with Crippen LogP contribution in [0.1, 0.15) is 25.0 Å². The standard InChI is InChI=1S/C11H14BrNO3/c1-7(14)9-3-2-8(12)6-10(9)16-5-4-11(13)15/h2-3,6-7,14H,4-5H2,1H3,(H2,13,15). The van der Waals surface area contributed by atoms with Crippen molar-refractivity contribution < 1.29 is 14.6 Å². The molecule has 88 valence electrons. The Morgan fingerprint density at radius 1 is 1.62 bits per heavy atom. The van der Waals surface area contributed by atoms with Crippen molar-refractivity contribution in [2.45, 2.75) is 19.4 Å². The van der Waals surface area contributed by atoms with E-state index in [1.165, 1.54) is 0 Å². The molecule has 0 aliphatic rings. The number of benzene rings is 1. The van der Waals surface area contributed by atoms with Crippen LogP contribution < -0.4 is 10.5 Å².